The number of nitrogens with two attached hydrogens (primary N) is 1. The van der Waals surface area contributed by atoms with Gasteiger partial charge in [-0.25, -0.2) is 3.63 Å². The zero-order chi connectivity index (χ0) is 16.3. The van der Waals surface area contributed by atoms with Crippen molar-refractivity contribution >= 4 is 29.8 Å². The normalized spacial score (nSPS) is 9.74. The van der Waals surface area contributed by atoms with Crippen molar-refractivity contribution in [3.8, 4) is 5.75 Å². The lowest BCUT2D eigenvalue weighted by atomic mass is 10.3. The Morgan fingerprint density at radius 3 is 1.48 bits per heavy atom. The number of anilines is 1. The van der Waals surface area contributed by atoms with E-state index in [1.54, 1.807) is 24.3 Å². The van der Waals surface area contributed by atoms with E-state index in [9.17, 15) is 0 Å². The van der Waals surface area contributed by atoms with Crippen LogP contribution in [0.1, 0.15) is 0 Å². The SMILES string of the molecule is Nc1ccc(O)cc1.c1ccc(SOSc2ccccc2)cc1. The molecule has 0 aliphatic carbocycles. The molecule has 0 aromatic heterocycles. The molecule has 3 aromatic carbocycles. The highest BCUT2D eigenvalue weighted by molar-refractivity contribution is 8.07. The smallest absolute Gasteiger partial charge is 0.115 e. The van der Waals surface area contributed by atoms with Gasteiger partial charge in [-0.1, -0.05) is 36.4 Å². The molecule has 0 atom stereocenters. The number of nitrogen functional groups attached to an aromatic ring is 1. The molecular formula is C18H17NO2S2. The van der Waals surface area contributed by atoms with Gasteiger partial charge >= 0.3 is 0 Å². The Morgan fingerprint density at radius 1 is 0.652 bits per heavy atom. The fourth-order valence-corrected chi connectivity index (χ4v) is 2.82. The summed E-state index contributed by atoms with van der Waals surface area (Å²) >= 11 is 2.76. The Balaban J connectivity index is 0.000000203. The molecule has 3 aromatic rings. The molecule has 0 aliphatic heterocycles. The molecule has 0 saturated carbocycles. The highest BCUT2D eigenvalue weighted by Crippen LogP contribution is 2.28. The third-order valence-electron chi connectivity index (χ3n) is 2.64. The molecular weight excluding hydrogens is 326 g/mol. The Hall–Kier alpha value is -2.08. The van der Waals surface area contributed by atoms with Gasteiger partial charge in [0.1, 0.15) is 5.75 Å². The van der Waals surface area contributed by atoms with Crippen molar-refractivity contribution in [3.05, 3.63) is 84.9 Å². The van der Waals surface area contributed by atoms with Crippen LogP contribution >= 0.6 is 24.1 Å². The molecule has 5 heteroatoms. The molecule has 0 fully saturated rings. The van der Waals surface area contributed by atoms with Crippen molar-refractivity contribution in [2.45, 2.75) is 9.79 Å². The molecule has 3 N–H and O–H groups in total. The summed E-state index contributed by atoms with van der Waals surface area (Å²) in [6, 6.07) is 26.5. The fourth-order valence-electron chi connectivity index (χ4n) is 1.52. The van der Waals surface area contributed by atoms with E-state index in [0.29, 0.717) is 5.69 Å². The maximum atomic E-state index is 8.70. The zero-order valence-corrected chi connectivity index (χ0v) is 14.0. The standard InChI is InChI=1S/C12H10OS2.C6H7NO/c1-3-7-11(8-4-1)14-13-15-12-9-5-2-6-10-12;7-5-1-3-6(8)4-2-5/h1-10H;1-4,8H,7H2. The summed E-state index contributed by atoms with van der Waals surface area (Å²) < 4.78 is 5.44. The largest absolute Gasteiger partial charge is 0.508 e. The quantitative estimate of drug-likeness (QED) is 0.378. The predicted octanol–water partition coefficient (Wildman–Crippen LogP) is 5.39. The van der Waals surface area contributed by atoms with Crippen LogP contribution in [0.2, 0.25) is 0 Å². The van der Waals surface area contributed by atoms with Crippen molar-refractivity contribution in [1.29, 1.82) is 0 Å². The van der Waals surface area contributed by atoms with Crippen molar-refractivity contribution in [2.75, 3.05) is 5.73 Å². The van der Waals surface area contributed by atoms with Gasteiger partial charge in [0.05, 0.1) is 0 Å². The van der Waals surface area contributed by atoms with Crippen molar-refractivity contribution in [1.82, 2.24) is 0 Å². The molecule has 0 saturated heterocycles. The van der Waals surface area contributed by atoms with E-state index in [1.807, 2.05) is 60.7 Å². The molecule has 0 heterocycles. The monoisotopic (exact) mass is 343 g/mol. The third kappa shape index (κ3) is 7.15. The number of hydrogen-bond acceptors (Lipinski definition) is 5. The van der Waals surface area contributed by atoms with Crippen molar-refractivity contribution in [2.24, 2.45) is 0 Å². The second-order valence-electron chi connectivity index (χ2n) is 4.45. The number of phenols is 1. The molecule has 0 unspecified atom stereocenters. The lowest BCUT2D eigenvalue weighted by molar-refractivity contribution is 0.475. The summed E-state index contributed by atoms with van der Waals surface area (Å²) in [7, 11) is 0. The van der Waals surface area contributed by atoms with Crippen LogP contribution in [-0.4, -0.2) is 5.11 Å². The highest BCUT2D eigenvalue weighted by Gasteiger charge is 1.95. The van der Waals surface area contributed by atoms with Gasteiger partial charge in [0.15, 0.2) is 0 Å². The number of benzene rings is 3. The lowest BCUT2D eigenvalue weighted by Gasteiger charge is -2.00. The van der Waals surface area contributed by atoms with Gasteiger partial charge in [0.25, 0.3) is 0 Å². The van der Waals surface area contributed by atoms with E-state index in [1.165, 1.54) is 24.1 Å². The first-order chi connectivity index (χ1) is 11.2. The Bertz CT molecular complexity index is 616. The van der Waals surface area contributed by atoms with E-state index >= 15 is 0 Å². The summed E-state index contributed by atoms with van der Waals surface area (Å²) in [5, 5.41) is 8.70. The number of phenolic OH excluding ortho intramolecular Hbond substituents is 1. The average Bonchev–Trinajstić information content (AvgIpc) is 2.60. The Kier molecular flexibility index (Phi) is 7.39. The molecule has 3 rings (SSSR count). The topological polar surface area (TPSA) is 55.5 Å². The Labute approximate surface area is 144 Å². The summed E-state index contributed by atoms with van der Waals surface area (Å²) in [5.74, 6) is 0.249. The minimum atomic E-state index is 0.249. The predicted molar refractivity (Wildman–Crippen MR) is 98.2 cm³/mol. The highest BCUT2D eigenvalue weighted by atomic mass is 32.2. The number of aromatic hydroxyl groups is 1. The molecule has 3 nitrogen and oxygen atoms in total. The molecule has 0 radical (unpaired) electrons. The van der Waals surface area contributed by atoms with Gasteiger partial charge < -0.3 is 10.8 Å². The van der Waals surface area contributed by atoms with E-state index < -0.39 is 0 Å². The minimum Gasteiger partial charge on any atom is -0.508 e. The van der Waals surface area contributed by atoms with Gasteiger partial charge in [-0.05, 0) is 48.5 Å². The van der Waals surface area contributed by atoms with Crippen LogP contribution in [0, 0.1) is 0 Å². The van der Waals surface area contributed by atoms with Crippen LogP contribution in [0.4, 0.5) is 5.69 Å². The van der Waals surface area contributed by atoms with E-state index in [4.69, 9.17) is 14.5 Å². The van der Waals surface area contributed by atoms with E-state index in [0.717, 1.165) is 9.79 Å². The zero-order valence-electron chi connectivity index (χ0n) is 12.3. The molecule has 23 heavy (non-hydrogen) atoms. The van der Waals surface area contributed by atoms with E-state index in [-0.39, 0.29) is 5.75 Å². The maximum Gasteiger partial charge on any atom is 0.115 e. The van der Waals surface area contributed by atoms with Crippen molar-refractivity contribution in [3.63, 3.8) is 0 Å². The first kappa shape index (κ1) is 17.3. The molecule has 0 aliphatic rings. The minimum absolute atomic E-state index is 0.249. The van der Waals surface area contributed by atoms with Gasteiger partial charge in [0, 0.05) is 39.6 Å². The average molecular weight is 343 g/mol. The number of rotatable bonds is 4. The first-order valence-corrected chi connectivity index (χ1v) is 8.38. The van der Waals surface area contributed by atoms with Crippen LogP contribution in [0.15, 0.2) is 94.7 Å². The second-order valence-corrected chi connectivity index (χ2v) is 6.27. The second kappa shape index (κ2) is 9.84. The maximum absolute atomic E-state index is 8.70. The summed E-state index contributed by atoms with van der Waals surface area (Å²) in [6.07, 6.45) is 0. The van der Waals surface area contributed by atoms with Gasteiger partial charge in [0.2, 0.25) is 0 Å². The van der Waals surface area contributed by atoms with Crippen LogP contribution in [-0.2, 0) is 3.63 Å². The molecule has 0 spiro atoms. The van der Waals surface area contributed by atoms with Gasteiger partial charge in [-0.15, -0.1) is 0 Å². The third-order valence-corrected chi connectivity index (χ3v) is 4.11. The van der Waals surface area contributed by atoms with Crippen LogP contribution in [0.25, 0.3) is 0 Å². The fraction of sp³-hybridized carbons (Fsp3) is 0. The van der Waals surface area contributed by atoms with Crippen LogP contribution in [0.5, 0.6) is 5.75 Å². The molecule has 118 valence electrons. The van der Waals surface area contributed by atoms with Gasteiger partial charge in [-0.3, -0.25) is 0 Å². The summed E-state index contributed by atoms with van der Waals surface area (Å²) in [6.45, 7) is 0. The molecule has 0 amide bonds. The van der Waals surface area contributed by atoms with E-state index in [2.05, 4.69) is 0 Å². The summed E-state index contributed by atoms with van der Waals surface area (Å²) in [5.41, 5.74) is 5.98. The molecule has 0 bridgehead atoms. The van der Waals surface area contributed by atoms with Crippen LogP contribution < -0.4 is 5.73 Å². The van der Waals surface area contributed by atoms with Gasteiger partial charge in [-0.2, -0.15) is 0 Å². The Morgan fingerprint density at radius 2 is 1.09 bits per heavy atom. The number of hydrogen-bond donors (Lipinski definition) is 2. The van der Waals surface area contributed by atoms with Crippen molar-refractivity contribution < 1.29 is 8.74 Å². The summed E-state index contributed by atoms with van der Waals surface area (Å²) in [4.78, 5) is 2.22. The lowest BCUT2D eigenvalue weighted by Crippen LogP contribution is -1.80. The first-order valence-electron chi connectivity index (χ1n) is 6.90. The van der Waals surface area contributed by atoms with Crippen LogP contribution in [0.3, 0.4) is 0 Å².